The molecule has 0 amide bonds. The Labute approximate surface area is 55.7 Å². The van der Waals surface area contributed by atoms with Gasteiger partial charge in [0.15, 0.2) is 0 Å². The molecule has 0 aromatic heterocycles. The lowest BCUT2D eigenvalue weighted by atomic mass is 10.2. The van der Waals surface area contributed by atoms with Crippen LogP contribution in [0, 0.1) is 11.3 Å². The van der Waals surface area contributed by atoms with Crippen LogP contribution in [0.5, 0.6) is 0 Å². The van der Waals surface area contributed by atoms with Crippen molar-refractivity contribution in [2.24, 2.45) is 0 Å². The van der Waals surface area contributed by atoms with E-state index in [-0.39, 0.29) is 5.60 Å². The lowest BCUT2D eigenvalue weighted by Crippen LogP contribution is -2.14. The van der Waals surface area contributed by atoms with Crippen LogP contribution < -0.4 is 0 Å². The summed E-state index contributed by atoms with van der Waals surface area (Å²) in [7, 11) is 0. The van der Waals surface area contributed by atoms with Gasteiger partial charge in [-0.05, 0) is 20.8 Å². The van der Waals surface area contributed by atoms with E-state index in [9.17, 15) is 0 Å². The molecule has 2 nitrogen and oxygen atoms in total. The largest absolute Gasteiger partial charge is 0.495 e. The summed E-state index contributed by atoms with van der Waals surface area (Å²) in [5.74, 6) is 0. The van der Waals surface area contributed by atoms with Crippen molar-refractivity contribution in [3.8, 4) is 6.07 Å². The first-order valence-electron chi connectivity index (χ1n) is 2.79. The zero-order chi connectivity index (χ0) is 7.33. The lowest BCUT2D eigenvalue weighted by molar-refractivity contribution is 0.0768. The summed E-state index contributed by atoms with van der Waals surface area (Å²) in [5.41, 5.74) is -0.187. The molecule has 50 valence electrons. The molecule has 0 heterocycles. The molecule has 0 spiro atoms. The highest BCUT2D eigenvalue weighted by Crippen LogP contribution is 2.05. The summed E-state index contributed by atoms with van der Waals surface area (Å²) in [4.78, 5) is 0. The average Bonchev–Trinajstić information content (AvgIpc) is 1.63. The van der Waals surface area contributed by atoms with Crippen molar-refractivity contribution in [3.05, 3.63) is 12.3 Å². The van der Waals surface area contributed by atoms with Crippen molar-refractivity contribution >= 4 is 0 Å². The molecule has 0 aromatic rings. The number of allylic oxidation sites excluding steroid dienone is 1. The predicted octanol–water partition coefficient (Wildman–Crippen LogP) is 1.84. The van der Waals surface area contributed by atoms with Crippen LogP contribution in [0.3, 0.4) is 0 Å². The fourth-order valence-corrected chi connectivity index (χ4v) is 0.269. The molecular weight excluding hydrogens is 114 g/mol. The Morgan fingerprint density at radius 2 is 2.00 bits per heavy atom. The molecule has 0 atom stereocenters. The maximum Gasteiger partial charge on any atom is 0.0998 e. The Bertz CT molecular complexity index is 136. The van der Waals surface area contributed by atoms with Crippen LogP contribution in [-0.4, -0.2) is 5.60 Å². The zero-order valence-electron chi connectivity index (χ0n) is 6.01. The van der Waals surface area contributed by atoms with Gasteiger partial charge in [-0.3, -0.25) is 0 Å². The fraction of sp³-hybridized carbons (Fsp3) is 0.571. The molecule has 0 aliphatic heterocycles. The molecule has 0 unspecified atom stereocenters. The van der Waals surface area contributed by atoms with Gasteiger partial charge in [0, 0.05) is 0 Å². The predicted molar refractivity (Wildman–Crippen MR) is 35.6 cm³/mol. The van der Waals surface area contributed by atoms with Crippen molar-refractivity contribution in [2.45, 2.75) is 26.4 Å². The van der Waals surface area contributed by atoms with Gasteiger partial charge in [-0.15, -0.1) is 0 Å². The van der Waals surface area contributed by atoms with E-state index in [4.69, 9.17) is 10.00 Å². The molecule has 0 saturated carbocycles. The maximum absolute atomic E-state index is 8.05. The first-order valence-corrected chi connectivity index (χ1v) is 2.79. The third-order valence-electron chi connectivity index (χ3n) is 0.564. The van der Waals surface area contributed by atoms with Gasteiger partial charge in [-0.1, -0.05) is 0 Å². The molecule has 0 bridgehead atoms. The van der Waals surface area contributed by atoms with Crippen LogP contribution in [0.1, 0.15) is 20.8 Å². The van der Waals surface area contributed by atoms with Crippen LogP contribution in [0.25, 0.3) is 0 Å². The smallest absolute Gasteiger partial charge is 0.0998 e. The molecule has 0 N–H and O–H groups in total. The summed E-state index contributed by atoms with van der Waals surface area (Å²) in [6.45, 7) is 5.78. The summed E-state index contributed by atoms with van der Waals surface area (Å²) >= 11 is 0. The molecule has 0 aliphatic carbocycles. The highest BCUT2D eigenvalue weighted by molar-refractivity contribution is 4.98. The summed E-state index contributed by atoms with van der Waals surface area (Å²) < 4.78 is 5.07. The van der Waals surface area contributed by atoms with Gasteiger partial charge in [-0.25, -0.2) is 0 Å². The van der Waals surface area contributed by atoms with Crippen molar-refractivity contribution < 1.29 is 4.74 Å². The first-order chi connectivity index (χ1) is 4.06. The Morgan fingerprint density at radius 1 is 1.44 bits per heavy atom. The van der Waals surface area contributed by atoms with Gasteiger partial charge in [0.05, 0.1) is 24.0 Å². The molecule has 2 heteroatoms. The lowest BCUT2D eigenvalue weighted by Gasteiger charge is -2.16. The Morgan fingerprint density at radius 3 is 2.33 bits per heavy atom. The monoisotopic (exact) mass is 125 g/mol. The van der Waals surface area contributed by atoms with E-state index >= 15 is 0 Å². The number of ether oxygens (including phenoxy) is 1. The van der Waals surface area contributed by atoms with Gasteiger partial charge in [-0.2, -0.15) is 5.26 Å². The second-order valence-electron chi connectivity index (χ2n) is 2.66. The molecule has 0 aromatic carbocycles. The van der Waals surface area contributed by atoms with E-state index in [1.54, 1.807) is 0 Å². The SMILES string of the molecule is CC(C)(C)O/C=C/C#N. The number of nitrogens with zero attached hydrogens (tertiary/aromatic N) is 1. The number of hydrogen-bond acceptors (Lipinski definition) is 2. The van der Waals surface area contributed by atoms with Crippen LogP contribution in [0.15, 0.2) is 12.3 Å². The number of nitriles is 1. The van der Waals surface area contributed by atoms with Gasteiger partial charge in [0.1, 0.15) is 0 Å². The third-order valence-corrected chi connectivity index (χ3v) is 0.564. The third kappa shape index (κ3) is 7.03. The Hall–Kier alpha value is -0.970. The number of hydrogen-bond donors (Lipinski definition) is 0. The minimum Gasteiger partial charge on any atom is -0.495 e. The minimum atomic E-state index is -0.187. The first kappa shape index (κ1) is 8.03. The Balaban J connectivity index is 3.54. The standard InChI is InChI=1S/C7H11NO/c1-7(2,3)9-6-4-5-8/h4,6H,1-3H3/b6-4+. The summed E-state index contributed by atoms with van der Waals surface area (Å²) in [6.07, 6.45) is 2.71. The van der Waals surface area contributed by atoms with Crippen molar-refractivity contribution in [1.82, 2.24) is 0 Å². The highest BCUT2D eigenvalue weighted by Gasteiger charge is 2.06. The maximum atomic E-state index is 8.05. The van der Waals surface area contributed by atoms with Crippen LogP contribution in [0.4, 0.5) is 0 Å². The fourth-order valence-electron chi connectivity index (χ4n) is 0.269. The normalized spacial score (nSPS) is 11.3. The van der Waals surface area contributed by atoms with Gasteiger partial charge in [0.2, 0.25) is 0 Å². The molecule has 9 heavy (non-hydrogen) atoms. The highest BCUT2D eigenvalue weighted by atomic mass is 16.5. The molecule has 0 aliphatic rings. The van der Waals surface area contributed by atoms with E-state index in [1.165, 1.54) is 12.3 Å². The average molecular weight is 125 g/mol. The second-order valence-corrected chi connectivity index (χ2v) is 2.66. The second kappa shape index (κ2) is 3.13. The van der Waals surface area contributed by atoms with E-state index in [1.807, 2.05) is 26.8 Å². The van der Waals surface area contributed by atoms with E-state index < -0.39 is 0 Å². The molecule has 0 saturated heterocycles. The Kier molecular flexibility index (Phi) is 2.80. The van der Waals surface area contributed by atoms with Crippen LogP contribution in [0.2, 0.25) is 0 Å². The van der Waals surface area contributed by atoms with Crippen molar-refractivity contribution in [3.63, 3.8) is 0 Å². The van der Waals surface area contributed by atoms with Crippen molar-refractivity contribution in [1.29, 1.82) is 5.26 Å². The summed E-state index contributed by atoms with van der Waals surface area (Å²) in [5, 5.41) is 8.05. The molecule has 0 radical (unpaired) electrons. The zero-order valence-corrected chi connectivity index (χ0v) is 6.01. The number of rotatable bonds is 1. The van der Waals surface area contributed by atoms with Gasteiger partial charge < -0.3 is 4.74 Å². The van der Waals surface area contributed by atoms with Crippen LogP contribution in [-0.2, 0) is 4.74 Å². The van der Waals surface area contributed by atoms with E-state index in [0.29, 0.717) is 0 Å². The minimum absolute atomic E-state index is 0.187. The van der Waals surface area contributed by atoms with Crippen LogP contribution >= 0.6 is 0 Å². The van der Waals surface area contributed by atoms with Gasteiger partial charge in [0.25, 0.3) is 0 Å². The van der Waals surface area contributed by atoms with E-state index in [2.05, 4.69) is 0 Å². The molecule has 0 rings (SSSR count). The van der Waals surface area contributed by atoms with E-state index in [0.717, 1.165) is 0 Å². The molecular formula is C7H11NO. The quantitative estimate of drug-likeness (QED) is 0.395. The summed E-state index contributed by atoms with van der Waals surface area (Å²) in [6, 6.07) is 1.83. The topological polar surface area (TPSA) is 33.0 Å². The van der Waals surface area contributed by atoms with Crippen molar-refractivity contribution in [2.75, 3.05) is 0 Å². The van der Waals surface area contributed by atoms with Gasteiger partial charge >= 0.3 is 0 Å². The molecule has 0 fully saturated rings.